The fourth-order valence-electron chi connectivity index (χ4n) is 2.59. The van der Waals surface area contributed by atoms with Gasteiger partial charge in [0.2, 0.25) is 0 Å². The topological polar surface area (TPSA) is 55.6 Å². The highest BCUT2D eigenvalue weighted by molar-refractivity contribution is 5.81. The van der Waals surface area contributed by atoms with Crippen LogP contribution in [0.5, 0.6) is 5.75 Å². The van der Waals surface area contributed by atoms with Gasteiger partial charge >= 0.3 is 0 Å². The fourth-order valence-corrected chi connectivity index (χ4v) is 2.59. The molecule has 0 bridgehead atoms. The van der Waals surface area contributed by atoms with Gasteiger partial charge in [-0.2, -0.15) is 0 Å². The number of piperidine rings is 1. The van der Waals surface area contributed by atoms with Crippen LogP contribution in [0.1, 0.15) is 27.2 Å². The number of carbonyl (C=O) groups excluding carboxylic acids is 1. The molecule has 2 N–H and O–H groups in total. The monoisotopic (exact) mass is 294 g/mol. The highest BCUT2D eigenvalue weighted by atomic mass is 19.1. The summed E-state index contributed by atoms with van der Waals surface area (Å²) < 4.78 is 18.4. The van der Waals surface area contributed by atoms with Crippen molar-refractivity contribution in [1.82, 2.24) is 4.90 Å². The summed E-state index contributed by atoms with van der Waals surface area (Å²) in [5.74, 6) is 0.109. The first kappa shape index (κ1) is 15.8. The van der Waals surface area contributed by atoms with Crippen LogP contribution < -0.4 is 10.5 Å². The number of nitrogens with zero attached hydrogens (tertiary/aromatic N) is 1. The summed E-state index contributed by atoms with van der Waals surface area (Å²) in [7, 11) is 0. The van der Waals surface area contributed by atoms with Gasteiger partial charge in [0.1, 0.15) is 11.6 Å². The van der Waals surface area contributed by atoms with Crippen molar-refractivity contribution in [2.75, 3.05) is 13.1 Å². The molecule has 0 aromatic heterocycles. The summed E-state index contributed by atoms with van der Waals surface area (Å²) in [5.41, 5.74) is 5.99. The van der Waals surface area contributed by atoms with E-state index < -0.39 is 6.10 Å². The summed E-state index contributed by atoms with van der Waals surface area (Å²) in [6.07, 6.45) is 0.197. The molecule has 0 spiro atoms. The number of benzene rings is 1. The molecule has 2 atom stereocenters. The minimum atomic E-state index is -0.597. The summed E-state index contributed by atoms with van der Waals surface area (Å²) in [6.45, 7) is 7.14. The first-order chi connectivity index (χ1) is 9.79. The maximum absolute atomic E-state index is 12.9. The van der Waals surface area contributed by atoms with Crippen LogP contribution in [0.15, 0.2) is 24.3 Å². The second-order valence-corrected chi connectivity index (χ2v) is 6.36. The Morgan fingerprint density at radius 1 is 1.43 bits per heavy atom. The number of nitrogens with two attached hydrogens (primary N) is 1. The molecule has 0 radical (unpaired) electrons. The molecule has 0 saturated carbocycles. The first-order valence-electron chi connectivity index (χ1n) is 7.26. The summed E-state index contributed by atoms with van der Waals surface area (Å²) >= 11 is 0. The van der Waals surface area contributed by atoms with Crippen molar-refractivity contribution in [3.63, 3.8) is 0 Å². The van der Waals surface area contributed by atoms with Gasteiger partial charge in [0.15, 0.2) is 6.10 Å². The van der Waals surface area contributed by atoms with E-state index in [9.17, 15) is 9.18 Å². The minimum Gasteiger partial charge on any atom is -0.481 e. The molecule has 1 aromatic rings. The lowest BCUT2D eigenvalue weighted by molar-refractivity contribution is -0.141. The fraction of sp³-hybridized carbons (Fsp3) is 0.562. The van der Waals surface area contributed by atoms with Gasteiger partial charge in [-0.3, -0.25) is 4.79 Å². The molecule has 21 heavy (non-hydrogen) atoms. The van der Waals surface area contributed by atoms with E-state index in [4.69, 9.17) is 10.5 Å². The van der Waals surface area contributed by atoms with E-state index in [0.29, 0.717) is 18.8 Å². The molecule has 1 aliphatic heterocycles. The number of hydrogen-bond acceptors (Lipinski definition) is 3. The second-order valence-electron chi connectivity index (χ2n) is 6.36. The van der Waals surface area contributed by atoms with Crippen molar-refractivity contribution >= 4 is 5.91 Å². The molecule has 0 aliphatic carbocycles. The van der Waals surface area contributed by atoms with Crippen LogP contribution in [-0.2, 0) is 4.79 Å². The van der Waals surface area contributed by atoms with Crippen LogP contribution in [0.25, 0.3) is 0 Å². The zero-order chi connectivity index (χ0) is 15.6. The zero-order valence-electron chi connectivity index (χ0n) is 12.8. The molecule has 1 aromatic carbocycles. The van der Waals surface area contributed by atoms with E-state index in [1.807, 2.05) is 0 Å². The van der Waals surface area contributed by atoms with Crippen LogP contribution >= 0.6 is 0 Å². The largest absolute Gasteiger partial charge is 0.481 e. The number of carbonyl (C=O) groups is 1. The van der Waals surface area contributed by atoms with Crippen molar-refractivity contribution < 1.29 is 13.9 Å². The van der Waals surface area contributed by atoms with Gasteiger partial charge in [-0.1, -0.05) is 13.8 Å². The number of hydrogen-bond donors (Lipinski definition) is 1. The lowest BCUT2D eigenvalue weighted by Gasteiger charge is -2.43. The van der Waals surface area contributed by atoms with Crippen molar-refractivity contribution in [3.05, 3.63) is 30.1 Å². The summed E-state index contributed by atoms with van der Waals surface area (Å²) in [5, 5.41) is 0. The molecule has 1 aliphatic rings. The second kappa shape index (κ2) is 6.02. The smallest absolute Gasteiger partial charge is 0.263 e. The number of ether oxygens (including phenoxy) is 1. The normalized spacial score (nSPS) is 22.7. The van der Waals surface area contributed by atoms with Crippen molar-refractivity contribution in [2.24, 2.45) is 11.1 Å². The van der Waals surface area contributed by atoms with Crippen LogP contribution in [0.4, 0.5) is 4.39 Å². The summed E-state index contributed by atoms with van der Waals surface area (Å²) in [6, 6.07) is 5.78. The third kappa shape index (κ3) is 3.73. The van der Waals surface area contributed by atoms with Crippen molar-refractivity contribution in [1.29, 1.82) is 0 Å². The van der Waals surface area contributed by atoms with Gasteiger partial charge in [0, 0.05) is 19.1 Å². The molecule has 4 nitrogen and oxygen atoms in total. The van der Waals surface area contributed by atoms with Gasteiger partial charge in [-0.25, -0.2) is 4.39 Å². The highest BCUT2D eigenvalue weighted by Crippen LogP contribution is 2.28. The maximum atomic E-state index is 12.9. The third-order valence-corrected chi connectivity index (χ3v) is 4.10. The molecule has 2 rings (SSSR count). The molecule has 116 valence electrons. The molecular weight excluding hydrogens is 271 g/mol. The average molecular weight is 294 g/mol. The van der Waals surface area contributed by atoms with Crippen LogP contribution in [0.3, 0.4) is 0 Å². The molecule has 1 fully saturated rings. The predicted octanol–water partition coefficient (Wildman–Crippen LogP) is 2.18. The Labute approximate surface area is 125 Å². The summed E-state index contributed by atoms with van der Waals surface area (Å²) in [4.78, 5) is 14.3. The quantitative estimate of drug-likeness (QED) is 0.929. The number of amides is 1. The van der Waals surface area contributed by atoms with Gasteiger partial charge in [0.25, 0.3) is 5.91 Å². The Kier molecular flexibility index (Phi) is 4.52. The van der Waals surface area contributed by atoms with E-state index in [1.165, 1.54) is 24.3 Å². The van der Waals surface area contributed by atoms with Gasteiger partial charge in [-0.15, -0.1) is 0 Å². The zero-order valence-corrected chi connectivity index (χ0v) is 12.8. The SMILES string of the molecule is CC(Oc1ccc(F)cc1)C(=O)N1CCC(N)C(C)(C)C1. The lowest BCUT2D eigenvalue weighted by Crippen LogP contribution is -2.56. The number of likely N-dealkylation sites (tertiary alicyclic amines) is 1. The van der Waals surface area contributed by atoms with E-state index in [-0.39, 0.29) is 23.2 Å². The molecule has 2 unspecified atom stereocenters. The van der Waals surface area contributed by atoms with Crippen LogP contribution in [-0.4, -0.2) is 36.0 Å². The van der Waals surface area contributed by atoms with Crippen LogP contribution in [0.2, 0.25) is 0 Å². The Morgan fingerprint density at radius 3 is 2.62 bits per heavy atom. The minimum absolute atomic E-state index is 0.0562. The van der Waals surface area contributed by atoms with Gasteiger partial charge < -0.3 is 15.4 Å². The molecule has 1 saturated heterocycles. The van der Waals surface area contributed by atoms with Crippen molar-refractivity contribution in [2.45, 2.75) is 39.3 Å². The van der Waals surface area contributed by atoms with Gasteiger partial charge in [-0.05, 0) is 43.0 Å². The number of halogens is 1. The standard InChI is InChI=1S/C16H23FN2O2/c1-11(21-13-6-4-12(17)5-7-13)15(20)19-9-8-14(18)16(2,3)10-19/h4-7,11,14H,8-10,18H2,1-3H3. The molecule has 5 heteroatoms. The Bertz CT molecular complexity index is 502. The first-order valence-corrected chi connectivity index (χ1v) is 7.26. The molecule has 1 amide bonds. The highest BCUT2D eigenvalue weighted by Gasteiger charge is 2.36. The Balaban J connectivity index is 1.98. The Morgan fingerprint density at radius 2 is 2.05 bits per heavy atom. The van der Waals surface area contributed by atoms with E-state index in [1.54, 1.807) is 11.8 Å². The number of rotatable bonds is 3. The van der Waals surface area contributed by atoms with Crippen molar-refractivity contribution in [3.8, 4) is 5.75 Å². The van der Waals surface area contributed by atoms with Crippen LogP contribution in [0, 0.1) is 11.2 Å². The average Bonchev–Trinajstić information content (AvgIpc) is 2.43. The maximum Gasteiger partial charge on any atom is 0.263 e. The van der Waals surface area contributed by atoms with E-state index in [2.05, 4.69) is 13.8 Å². The van der Waals surface area contributed by atoms with Gasteiger partial charge in [0.05, 0.1) is 0 Å². The van der Waals surface area contributed by atoms with E-state index >= 15 is 0 Å². The predicted molar refractivity (Wildman–Crippen MR) is 79.4 cm³/mol. The third-order valence-electron chi connectivity index (χ3n) is 4.10. The lowest BCUT2D eigenvalue weighted by atomic mass is 9.79. The molecular formula is C16H23FN2O2. The molecule has 1 heterocycles. The Hall–Kier alpha value is -1.62. The van der Waals surface area contributed by atoms with E-state index in [0.717, 1.165) is 6.42 Å².